The van der Waals surface area contributed by atoms with E-state index in [2.05, 4.69) is 0 Å². The maximum absolute atomic E-state index is 10.3. The third-order valence-corrected chi connectivity index (χ3v) is 1.49. The smallest absolute Gasteiger partial charge is 0.872 e. The van der Waals surface area contributed by atoms with Gasteiger partial charge in [-0.2, -0.15) is 0 Å². The molecule has 2 aromatic carbocycles. The fourth-order valence-corrected chi connectivity index (χ4v) is 0.841. The van der Waals surface area contributed by atoms with E-state index in [4.69, 9.17) is 17.5 Å². The van der Waals surface area contributed by atoms with Crippen LogP contribution in [0.5, 0.6) is 11.5 Å². The molecule has 0 spiro atoms. The second-order valence-electron chi connectivity index (χ2n) is 3.03. The molecule has 0 amide bonds. The van der Waals surface area contributed by atoms with E-state index >= 15 is 0 Å². The van der Waals surface area contributed by atoms with Crippen molar-refractivity contribution in [1.29, 1.82) is 0 Å². The standard InChI is InChI=1S/2C6H6O.Ca.Ni.H2O4S/c2*7-6-4-2-1-3-5-6;;;1-5(2,3)4/h2*1-5,7H;;;(H2,1,2,3,4)/q;;2*+2;/p-4. The quantitative estimate of drug-likeness (QED) is 0.353. The summed E-state index contributed by atoms with van der Waals surface area (Å²) in [6, 6.07) is 16.7. The molecule has 2 aromatic rings. The van der Waals surface area contributed by atoms with Gasteiger partial charge in [-0.15, -0.1) is 11.5 Å². The molecule has 0 saturated heterocycles. The van der Waals surface area contributed by atoms with Crippen molar-refractivity contribution in [2.75, 3.05) is 0 Å². The SMILES string of the molecule is O=S(=O)([O-])[O-].[Ca+2].[Ni+2].[O-]c1ccccc1.[O-]c1ccccc1. The third-order valence-electron chi connectivity index (χ3n) is 1.49. The van der Waals surface area contributed by atoms with Crippen LogP contribution in [0, 0.1) is 0 Å². The van der Waals surface area contributed by atoms with Gasteiger partial charge >= 0.3 is 54.2 Å². The average molecular weight is 381 g/mol. The Labute approximate surface area is 163 Å². The molecule has 0 radical (unpaired) electrons. The first-order valence-corrected chi connectivity index (χ1v) is 6.23. The van der Waals surface area contributed by atoms with Crippen LogP contribution in [-0.4, -0.2) is 55.3 Å². The van der Waals surface area contributed by atoms with Gasteiger partial charge in [-0.1, -0.05) is 60.7 Å². The van der Waals surface area contributed by atoms with E-state index in [9.17, 15) is 10.2 Å². The molecule has 0 aliphatic rings. The van der Waals surface area contributed by atoms with Crippen molar-refractivity contribution in [2.24, 2.45) is 0 Å². The normalized spacial score (nSPS) is 8.48. The Morgan fingerprint density at radius 3 is 0.952 bits per heavy atom. The van der Waals surface area contributed by atoms with Crippen molar-refractivity contribution in [3.8, 4) is 11.5 Å². The van der Waals surface area contributed by atoms with Gasteiger partial charge in [-0.05, 0) is 0 Å². The molecule has 0 saturated carbocycles. The Hall–Kier alpha value is -0.337. The molecule has 0 bridgehead atoms. The van der Waals surface area contributed by atoms with Gasteiger partial charge in [-0.3, -0.25) is 8.42 Å². The molecule has 9 heteroatoms. The molecule has 0 fully saturated rings. The van der Waals surface area contributed by atoms with E-state index in [0.717, 1.165) is 0 Å². The van der Waals surface area contributed by atoms with Gasteiger partial charge in [0.2, 0.25) is 0 Å². The van der Waals surface area contributed by atoms with Gasteiger partial charge in [0.15, 0.2) is 0 Å². The van der Waals surface area contributed by atoms with Crippen LogP contribution in [0.3, 0.4) is 0 Å². The molecule has 0 aromatic heterocycles. The molecule has 6 nitrogen and oxygen atoms in total. The van der Waals surface area contributed by atoms with Crippen molar-refractivity contribution in [3.05, 3.63) is 60.7 Å². The topological polar surface area (TPSA) is 126 Å². The van der Waals surface area contributed by atoms with Crippen molar-refractivity contribution in [2.45, 2.75) is 0 Å². The Balaban J connectivity index is -0.000000225. The molecule has 0 atom stereocenters. The fourth-order valence-electron chi connectivity index (χ4n) is 0.841. The van der Waals surface area contributed by atoms with Crippen LogP contribution < -0.4 is 10.2 Å². The zero-order valence-electron chi connectivity index (χ0n) is 10.7. The van der Waals surface area contributed by atoms with Crippen LogP contribution in [0.15, 0.2) is 60.7 Å². The minimum Gasteiger partial charge on any atom is -0.872 e. The van der Waals surface area contributed by atoms with Crippen molar-refractivity contribution >= 4 is 48.1 Å². The average Bonchev–Trinajstić information content (AvgIpc) is 2.29. The summed E-state index contributed by atoms with van der Waals surface area (Å²) >= 11 is 0. The molecular formula is C12H10CaNiO6S. The van der Waals surface area contributed by atoms with Crippen LogP contribution in [0.2, 0.25) is 0 Å². The predicted molar refractivity (Wildman–Crippen MR) is 68.0 cm³/mol. The number of hydrogen-bond donors (Lipinski definition) is 0. The summed E-state index contributed by atoms with van der Waals surface area (Å²) in [5, 5.41) is 20.5. The first-order chi connectivity index (χ1) is 8.79. The Morgan fingerprint density at radius 1 is 0.667 bits per heavy atom. The molecule has 2 rings (SSSR count). The third kappa shape index (κ3) is 25.0. The zero-order valence-corrected chi connectivity index (χ0v) is 14.7. The van der Waals surface area contributed by atoms with E-state index in [-0.39, 0.29) is 65.7 Å². The summed E-state index contributed by atoms with van der Waals surface area (Å²) in [6.45, 7) is 0. The summed E-state index contributed by atoms with van der Waals surface area (Å²) in [7, 11) is -5.17. The van der Waals surface area contributed by atoms with Gasteiger partial charge in [0, 0.05) is 10.4 Å². The predicted octanol–water partition coefficient (Wildman–Crippen LogP) is -0.201. The molecule has 0 aliphatic carbocycles. The molecule has 0 heterocycles. The summed E-state index contributed by atoms with van der Waals surface area (Å²) in [5.41, 5.74) is 0. The maximum Gasteiger partial charge on any atom is 2.00 e. The van der Waals surface area contributed by atoms with Crippen molar-refractivity contribution in [3.63, 3.8) is 0 Å². The molecule has 0 N–H and O–H groups in total. The molecule has 112 valence electrons. The first-order valence-electron chi connectivity index (χ1n) is 4.90. The summed E-state index contributed by atoms with van der Waals surface area (Å²) in [6.07, 6.45) is 0. The summed E-state index contributed by atoms with van der Waals surface area (Å²) < 4.78 is 34.1. The first kappa shape index (κ1) is 25.6. The van der Waals surface area contributed by atoms with Crippen LogP contribution in [-0.2, 0) is 26.9 Å². The molecule has 21 heavy (non-hydrogen) atoms. The fraction of sp³-hybridized carbons (Fsp3) is 0. The number of rotatable bonds is 0. The van der Waals surface area contributed by atoms with Crippen molar-refractivity contribution < 1.29 is 44.2 Å². The van der Waals surface area contributed by atoms with Crippen LogP contribution in [0.25, 0.3) is 0 Å². The number of para-hydroxylation sites is 2. The van der Waals surface area contributed by atoms with Gasteiger partial charge in [0.05, 0.1) is 0 Å². The van der Waals surface area contributed by atoms with E-state index in [1.54, 1.807) is 24.3 Å². The second-order valence-corrected chi connectivity index (χ2v) is 3.85. The van der Waals surface area contributed by atoms with Gasteiger partial charge in [0.1, 0.15) is 0 Å². The minimum atomic E-state index is -5.17. The van der Waals surface area contributed by atoms with E-state index in [1.807, 2.05) is 12.1 Å². The largest absolute Gasteiger partial charge is 2.00 e. The van der Waals surface area contributed by atoms with Gasteiger partial charge < -0.3 is 19.3 Å². The second kappa shape index (κ2) is 14.6. The van der Waals surface area contributed by atoms with Gasteiger partial charge in [0.25, 0.3) is 0 Å². The zero-order chi connectivity index (χ0) is 14.7. The van der Waals surface area contributed by atoms with E-state index < -0.39 is 10.4 Å². The maximum atomic E-state index is 10.3. The van der Waals surface area contributed by atoms with Crippen LogP contribution in [0.1, 0.15) is 0 Å². The van der Waals surface area contributed by atoms with E-state index in [0.29, 0.717) is 0 Å². The number of benzene rings is 2. The number of hydrogen-bond acceptors (Lipinski definition) is 6. The van der Waals surface area contributed by atoms with Crippen LogP contribution >= 0.6 is 0 Å². The molecule has 0 aliphatic heterocycles. The molecular weight excluding hydrogens is 371 g/mol. The van der Waals surface area contributed by atoms with Crippen LogP contribution in [0.4, 0.5) is 0 Å². The molecule has 0 unspecified atom stereocenters. The van der Waals surface area contributed by atoms with Crippen molar-refractivity contribution in [1.82, 2.24) is 0 Å². The summed E-state index contributed by atoms with van der Waals surface area (Å²) in [5.74, 6) is 0.144. The summed E-state index contributed by atoms with van der Waals surface area (Å²) in [4.78, 5) is 0. The van der Waals surface area contributed by atoms with E-state index in [1.165, 1.54) is 24.3 Å². The van der Waals surface area contributed by atoms with Gasteiger partial charge in [-0.25, -0.2) is 0 Å². The Bertz CT molecular complexity index is 505. The minimum absolute atomic E-state index is 0. The Kier molecular flexibility index (Phi) is 17.8. The Morgan fingerprint density at radius 2 is 0.857 bits per heavy atom. The monoisotopic (exact) mass is 380 g/mol.